The van der Waals surface area contributed by atoms with Gasteiger partial charge >= 0.3 is 5.69 Å². The molecular formula is C7H7N3O3. The van der Waals surface area contributed by atoms with Gasteiger partial charge in [0.05, 0.1) is 0 Å². The average molecular weight is 181 g/mol. The largest absolute Gasteiger partial charge is 0.350 e. The first kappa shape index (κ1) is 7.78. The van der Waals surface area contributed by atoms with Crippen LogP contribution in [-0.4, -0.2) is 22.4 Å². The fourth-order valence-electron chi connectivity index (χ4n) is 1.33. The Labute approximate surface area is 72.0 Å². The van der Waals surface area contributed by atoms with Crippen LogP contribution in [0.25, 0.3) is 0 Å². The van der Waals surface area contributed by atoms with E-state index in [1.165, 1.54) is 0 Å². The van der Waals surface area contributed by atoms with Crippen molar-refractivity contribution in [2.45, 2.75) is 6.42 Å². The van der Waals surface area contributed by atoms with Gasteiger partial charge in [-0.25, -0.2) is 4.79 Å². The highest BCUT2D eigenvalue weighted by molar-refractivity contribution is 5.94. The summed E-state index contributed by atoms with van der Waals surface area (Å²) in [6.07, 6.45) is 0.452. The van der Waals surface area contributed by atoms with Gasteiger partial charge in [-0.3, -0.25) is 14.6 Å². The molecule has 0 fully saturated rings. The molecule has 0 aromatic carbocycles. The molecule has 3 N–H and O–H groups in total. The van der Waals surface area contributed by atoms with Gasteiger partial charge in [-0.1, -0.05) is 0 Å². The van der Waals surface area contributed by atoms with E-state index in [0.29, 0.717) is 18.5 Å². The lowest BCUT2D eigenvalue weighted by atomic mass is 10.1. The number of carbonyl (C=O) groups is 1. The fourth-order valence-corrected chi connectivity index (χ4v) is 1.33. The van der Waals surface area contributed by atoms with E-state index in [-0.39, 0.29) is 5.69 Å². The first-order valence-electron chi connectivity index (χ1n) is 3.82. The van der Waals surface area contributed by atoms with Gasteiger partial charge in [-0.2, -0.15) is 0 Å². The predicted molar refractivity (Wildman–Crippen MR) is 43.7 cm³/mol. The van der Waals surface area contributed by atoms with Crippen molar-refractivity contribution >= 4 is 5.91 Å². The molecule has 1 aliphatic heterocycles. The molecule has 0 atom stereocenters. The number of hydrogen-bond acceptors (Lipinski definition) is 3. The zero-order chi connectivity index (χ0) is 9.42. The molecule has 0 saturated heterocycles. The molecule has 2 rings (SSSR count). The third-order valence-corrected chi connectivity index (χ3v) is 1.93. The van der Waals surface area contributed by atoms with Crippen LogP contribution in [0.2, 0.25) is 0 Å². The Morgan fingerprint density at radius 2 is 1.85 bits per heavy atom. The lowest BCUT2D eigenvalue weighted by Gasteiger charge is -2.13. The molecule has 0 saturated carbocycles. The number of H-pyrrole nitrogens is 2. The summed E-state index contributed by atoms with van der Waals surface area (Å²) in [5.41, 5.74) is -0.697. The molecule has 0 spiro atoms. The quantitative estimate of drug-likeness (QED) is 0.447. The van der Waals surface area contributed by atoms with Crippen molar-refractivity contribution in [3.8, 4) is 0 Å². The van der Waals surface area contributed by atoms with E-state index in [1.54, 1.807) is 0 Å². The van der Waals surface area contributed by atoms with Crippen LogP contribution >= 0.6 is 0 Å². The van der Waals surface area contributed by atoms with Gasteiger partial charge in [0.2, 0.25) is 0 Å². The SMILES string of the molecule is O=C1NCCc2c1[nH]c(=O)[nH]c2=O. The van der Waals surface area contributed by atoms with Crippen LogP contribution in [0.3, 0.4) is 0 Å². The molecule has 1 aromatic rings. The van der Waals surface area contributed by atoms with Gasteiger partial charge in [0.25, 0.3) is 11.5 Å². The Morgan fingerprint density at radius 1 is 1.08 bits per heavy atom. The first-order chi connectivity index (χ1) is 6.18. The summed E-state index contributed by atoms with van der Waals surface area (Å²) in [6, 6.07) is 0. The van der Waals surface area contributed by atoms with E-state index in [0.717, 1.165) is 0 Å². The zero-order valence-electron chi connectivity index (χ0n) is 6.64. The molecule has 0 aliphatic carbocycles. The maximum atomic E-state index is 11.2. The highest BCUT2D eigenvalue weighted by atomic mass is 16.2. The van der Waals surface area contributed by atoms with Crippen LogP contribution in [0.1, 0.15) is 16.1 Å². The number of aromatic amines is 2. The minimum Gasteiger partial charge on any atom is -0.350 e. The second-order valence-electron chi connectivity index (χ2n) is 2.77. The number of rotatable bonds is 0. The van der Waals surface area contributed by atoms with E-state index < -0.39 is 17.2 Å². The maximum Gasteiger partial charge on any atom is 0.326 e. The summed E-state index contributed by atoms with van der Waals surface area (Å²) in [5, 5.41) is 2.53. The molecule has 0 bridgehead atoms. The molecule has 13 heavy (non-hydrogen) atoms. The van der Waals surface area contributed by atoms with Crippen LogP contribution in [-0.2, 0) is 6.42 Å². The van der Waals surface area contributed by atoms with Crippen LogP contribution < -0.4 is 16.6 Å². The van der Waals surface area contributed by atoms with Crippen molar-refractivity contribution in [1.29, 1.82) is 0 Å². The number of amides is 1. The summed E-state index contributed by atoms with van der Waals surface area (Å²) < 4.78 is 0. The van der Waals surface area contributed by atoms with E-state index in [1.807, 2.05) is 0 Å². The Hall–Kier alpha value is -1.85. The summed E-state index contributed by atoms with van der Waals surface area (Å²) in [7, 11) is 0. The van der Waals surface area contributed by atoms with Crippen molar-refractivity contribution in [1.82, 2.24) is 15.3 Å². The van der Waals surface area contributed by atoms with Crippen LogP contribution in [0.4, 0.5) is 0 Å². The van der Waals surface area contributed by atoms with Crippen LogP contribution in [0, 0.1) is 0 Å². The smallest absolute Gasteiger partial charge is 0.326 e. The summed E-state index contributed by atoms with van der Waals surface area (Å²) in [5.74, 6) is -0.399. The zero-order valence-corrected chi connectivity index (χ0v) is 6.64. The molecule has 1 aromatic heterocycles. The second-order valence-corrected chi connectivity index (χ2v) is 2.77. The van der Waals surface area contributed by atoms with Crippen molar-refractivity contribution < 1.29 is 4.79 Å². The number of aromatic nitrogens is 2. The normalized spacial score (nSPS) is 14.9. The molecule has 1 amide bonds. The number of fused-ring (bicyclic) bond motifs is 1. The van der Waals surface area contributed by atoms with Gasteiger partial charge < -0.3 is 10.3 Å². The molecule has 1 aliphatic rings. The molecule has 0 unspecified atom stereocenters. The summed E-state index contributed by atoms with van der Waals surface area (Å²) in [6.45, 7) is 0.432. The van der Waals surface area contributed by atoms with Crippen molar-refractivity contribution in [2.24, 2.45) is 0 Å². The number of hydrogen-bond donors (Lipinski definition) is 3. The minimum absolute atomic E-state index is 0.0833. The molecular weight excluding hydrogens is 174 g/mol. The lowest BCUT2D eigenvalue weighted by molar-refractivity contribution is 0.0939. The Bertz CT molecular complexity index is 471. The predicted octanol–water partition coefficient (Wildman–Crippen LogP) is -1.65. The Kier molecular flexibility index (Phi) is 1.54. The Morgan fingerprint density at radius 3 is 2.62 bits per heavy atom. The van der Waals surface area contributed by atoms with Gasteiger partial charge in [0.15, 0.2) is 0 Å². The van der Waals surface area contributed by atoms with E-state index in [2.05, 4.69) is 15.3 Å². The van der Waals surface area contributed by atoms with Crippen LogP contribution in [0.5, 0.6) is 0 Å². The van der Waals surface area contributed by atoms with Crippen molar-refractivity contribution in [3.05, 3.63) is 32.1 Å². The monoisotopic (exact) mass is 181 g/mol. The lowest BCUT2D eigenvalue weighted by Crippen LogP contribution is -2.40. The van der Waals surface area contributed by atoms with Gasteiger partial charge in [0, 0.05) is 12.1 Å². The van der Waals surface area contributed by atoms with Crippen molar-refractivity contribution in [3.63, 3.8) is 0 Å². The first-order valence-corrected chi connectivity index (χ1v) is 3.82. The maximum absolute atomic E-state index is 11.2. The average Bonchev–Trinajstić information content (AvgIpc) is 2.07. The van der Waals surface area contributed by atoms with Gasteiger partial charge in [-0.05, 0) is 6.42 Å². The molecule has 6 nitrogen and oxygen atoms in total. The number of carbonyl (C=O) groups excluding carboxylic acids is 1. The summed E-state index contributed by atoms with van der Waals surface area (Å²) in [4.78, 5) is 37.5. The third-order valence-electron chi connectivity index (χ3n) is 1.93. The van der Waals surface area contributed by atoms with Crippen LogP contribution in [0.15, 0.2) is 9.59 Å². The van der Waals surface area contributed by atoms with E-state index in [4.69, 9.17) is 0 Å². The molecule has 68 valence electrons. The van der Waals surface area contributed by atoms with Gasteiger partial charge in [-0.15, -0.1) is 0 Å². The molecule has 6 heteroatoms. The standard InChI is InChI=1S/C7H7N3O3/c11-5-3-1-2-8-6(12)4(3)9-7(13)10-5/h1-2H2,(H,8,12)(H2,9,10,11,13). The summed E-state index contributed by atoms with van der Waals surface area (Å²) >= 11 is 0. The van der Waals surface area contributed by atoms with E-state index >= 15 is 0 Å². The Balaban J connectivity index is 2.77. The molecule has 2 heterocycles. The highest BCUT2D eigenvalue weighted by Gasteiger charge is 2.20. The van der Waals surface area contributed by atoms with Gasteiger partial charge in [0.1, 0.15) is 5.69 Å². The number of nitrogens with one attached hydrogen (secondary N) is 3. The third kappa shape index (κ3) is 1.16. The minimum atomic E-state index is -0.652. The fraction of sp³-hybridized carbons (Fsp3) is 0.286. The molecule has 0 radical (unpaired) electrons. The van der Waals surface area contributed by atoms with Crippen molar-refractivity contribution in [2.75, 3.05) is 6.54 Å². The van der Waals surface area contributed by atoms with E-state index in [9.17, 15) is 14.4 Å². The topological polar surface area (TPSA) is 94.8 Å². The second kappa shape index (κ2) is 2.58. The highest BCUT2D eigenvalue weighted by Crippen LogP contribution is 2.02.